The molecule has 40 heavy (non-hydrogen) atoms. The lowest BCUT2D eigenvalue weighted by molar-refractivity contribution is 0.0731. The molecule has 1 heterocycles. The first-order valence-electron chi connectivity index (χ1n) is 12.6. The second kappa shape index (κ2) is 12.1. The van der Waals surface area contributed by atoms with Crippen LogP contribution in [0.4, 0.5) is 0 Å². The van der Waals surface area contributed by atoms with Crippen LogP contribution in [-0.4, -0.2) is 25.5 Å². The Morgan fingerprint density at radius 3 is 2.40 bits per heavy atom. The van der Waals surface area contributed by atoms with Gasteiger partial charge in [-0.1, -0.05) is 58.4 Å². The van der Waals surface area contributed by atoms with Crippen LogP contribution in [0.25, 0.3) is 28.4 Å². The molecular weight excluding hydrogens is 572 g/mol. The lowest BCUT2D eigenvalue weighted by Crippen LogP contribution is -2.10. The summed E-state index contributed by atoms with van der Waals surface area (Å²) < 4.78 is 24.0. The Bertz CT molecular complexity index is 1700. The smallest absolute Gasteiger partial charge is 0.348 e. The number of fused-ring (bicyclic) bond motifs is 1. The number of hydrogen-bond donors (Lipinski definition) is 0. The topological polar surface area (TPSA) is 75.0 Å². The summed E-state index contributed by atoms with van der Waals surface area (Å²) in [5.41, 5.74) is 2.85. The summed E-state index contributed by atoms with van der Waals surface area (Å²) in [6.45, 7) is 2.38. The highest BCUT2D eigenvalue weighted by atomic mass is 79.9. The van der Waals surface area contributed by atoms with Crippen LogP contribution in [-0.2, 0) is 0 Å². The van der Waals surface area contributed by atoms with E-state index in [1.165, 1.54) is 13.2 Å². The van der Waals surface area contributed by atoms with Gasteiger partial charge in [0.1, 0.15) is 22.7 Å². The average molecular weight is 597 g/mol. The normalized spacial score (nSPS) is 11.1. The molecule has 5 rings (SSSR count). The van der Waals surface area contributed by atoms with Gasteiger partial charge >= 0.3 is 5.97 Å². The maximum atomic E-state index is 13.7. The van der Waals surface area contributed by atoms with Gasteiger partial charge in [-0.25, -0.2) is 4.79 Å². The summed E-state index contributed by atoms with van der Waals surface area (Å²) >= 11 is 3.37. The van der Waals surface area contributed by atoms with Crippen molar-refractivity contribution >= 4 is 44.7 Å². The van der Waals surface area contributed by atoms with Crippen LogP contribution in [0.1, 0.15) is 33.2 Å². The highest BCUT2D eigenvalue weighted by Gasteiger charge is 2.25. The van der Waals surface area contributed by atoms with Crippen molar-refractivity contribution in [3.63, 3.8) is 0 Å². The van der Waals surface area contributed by atoms with Crippen LogP contribution < -0.4 is 14.2 Å². The van der Waals surface area contributed by atoms with Gasteiger partial charge in [0.25, 0.3) is 0 Å². The molecule has 4 aromatic carbocycles. The third-order valence-electron chi connectivity index (χ3n) is 6.16. The zero-order chi connectivity index (χ0) is 28.1. The number of ketones is 1. The van der Waals surface area contributed by atoms with Crippen molar-refractivity contribution in [1.29, 1.82) is 0 Å². The number of carbonyl (C=O) groups excluding carboxylic acids is 2. The van der Waals surface area contributed by atoms with Crippen LogP contribution in [0.15, 0.2) is 106 Å². The van der Waals surface area contributed by atoms with E-state index in [-0.39, 0.29) is 17.1 Å². The number of methoxy groups -OCH3 is 1. The average Bonchev–Trinajstić information content (AvgIpc) is 3.36. The number of ether oxygens (including phenoxy) is 3. The molecule has 7 heteroatoms. The molecule has 0 aliphatic rings. The van der Waals surface area contributed by atoms with E-state index in [9.17, 15) is 9.59 Å². The minimum absolute atomic E-state index is 0.131. The molecule has 200 valence electrons. The lowest BCUT2D eigenvalue weighted by Gasteiger charge is -2.11. The van der Waals surface area contributed by atoms with E-state index >= 15 is 0 Å². The molecule has 0 fully saturated rings. The van der Waals surface area contributed by atoms with Crippen molar-refractivity contribution in [3.05, 3.63) is 118 Å². The third-order valence-corrected chi connectivity index (χ3v) is 6.69. The van der Waals surface area contributed by atoms with Gasteiger partial charge in [-0.05, 0) is 73.2 Å². The van der Waals surface area contributed by atoms with Crippen molar-refractivity contribution in [2.45, 2.75) is 6.92 Å². The molecule has 0 saturated heterocycles. The quantitative estimate of drug-likeness (QED) is 0.0736. The van der Waals surface area contributed by atoms with Gasteiger partial charge in [-0.3, -0.25) is 4.79 Å². The van der Waals surface area contributed by atoms with Crippen molar-refractivity contribution < 1.29 is 28.2 Å². The van der Waals surface area contributed by atoms with Gasteiger partial charge in [0.2, 0.25) is 0 Å². The molecule has 0 aliphatic heterocycles. The van der Waals surface area contributed by atoms with Crippen LogP contribution in [0.2, 0.25) is 0 Å². The molecule has 0 aliphatic carbocycles. The van der Waals surface area contributed by atoms with Gasteiger partial charge in [0.05, 0.1) is 13.7 Å². The summed E-state index contributed by atoms with van der Waals surface area (Å²) in [5.74, 6) is 0.871. The molecule has 0 saturated carbocycles. The first-order valence-corrected chi connectivity index (χ1v) is 13.4. The summed E-state index contributed by atoms with van der Waals surface area (Å²) in [4.78, 5) is 26.2. The predicted octanol–water partition coefficient (Wildman–Crippen LogP) is 8.38. The summed E-state index contributed by atoms with van der Waals surface area (Å²) in [5, 5.41) is 0.583. The van der Waals surface area contributed by atoms with E-state index in [1.807, 2.05) is 49.4 Å². The zero-order valence-electron chi connectivity index (χ0n) is 21.8. The maximum absolute atomic E-state index is 13.7. The standard InChI is InChI=1S/C33H25BrO6/c1-3-38-25-15-18-28-26(20-25)31(32(39-28)23-7-5-4-6-8-23)33(36)40-29-17-10-21(19-30(29)37-2)9-16-27(35)22-11-13-24(34)14-12-22/h4-20H,3H2,1-2H3. The number of halogens is 1. The van der Waals surface area contributed by atoms with E-state index in [1.54, 1.807) is 54.6 Å². The van der Waals surface area contributed by atoms with E-state index in [2.05, 4.69) is 15.9 Å². The van der Waals surface area contributed by atoms with Crippen LogP contribution in [0, 0.1) is 0 Å². The highest BCUT2D eigenvalue weighted by Crippen LogP contribution is 2.37. The Kier molecular flexibility index (Phi) is 8.12. The Labute approximate surface area is 239 Å². The number of hydrogen-bond acceptors (Lipinski definition) is 6. The Balaban J connectivity index is 1.45. The zero-order valence-corrected chi connectivity index (χ0v) is 23.4. The fourth-order valence-electron chi connectivity index (χ4n) is 4.23. The fraction of sp³-hybridized carbons (Fsp3) is 0.0909. The molecule has 0 spiro atoms. The van der Waals surface area contributed by atoms with E-state index < -0.39 is 5.97 Å². The lowest BCUT2D eigenvalue weighted by atomic mass is 10.1. The number of esters is 1. The van der Waals surface area contributed by atoms with Crippen molar-refractivity contribution in [2.24, 2.45) is 0 Å². The molecule has 0 N–H and O–H groups in total. The maximum Gasteiger partial charge on any atom is 0.348 e. The minimum Gasteiger partial charge on any atom is -0.494 e. The van der Waals surface area contributed by atoms with Crippen molar-refractivity contribution in [2.75, 3.05) is 13.7 Å². The van der Waals surface area contributed by atoms with Gasteiger partial charge in [-0.2, -0.15) is 0 Å². The number of rotatable bonds is 9. The predicted molar refractivity (Wildman–Crippen MR) is 158 cm³/mol. The van der Waals surface area contributed by atoms with Crippen LogP contribution in [0.3, 0.4) is 0 Å². The molecule has 0 unspecified atom stereocenters. The summed E-state index contributed by atoms with van der Waals surface area (Å²) in [7, 11) is 1.49. The molecule has 0 amide bonds. The molecule has 0 atom stereocenters. The Hall–Kier alpha value is -4.62. The monoisotopic (exact) mass is 596 g/mol. The SMILES string of the molecule is CCOc1ccc2oc(-c3ccccc3)c(C(=O)Oc3ccc(C=CC(=O)c4ccc(Br)cc4)cc3OC)c2c1. The minimum atomic E-state index is -0.599. The molecule has 0 radical (unpaired) electrons. The Morgan fingerprint density at radius 2 is 1.68 bits per heavy atom. The van der Waals surface area contributed by atoms with Gasteiger partial charge < -0.3 is 18.6 Å². The van der Waals surface area contributed by atoms with Crippen molar-refractivity contribution in [1.82, 2.24) is 0 Å². The number of benzene rings is 4. The molecule has 0 bridgehead atoms. The van der Waals surface area contributed by atoms with E-state index in [0.717, 1.165) is 10.0 Å². The van der Waals surface area contributed by atoms with Crippen LogP contribution >= 0.6 is 15.9 Å². The largest absolute Gasteiger partial charge is 0.494 e. The Morgan fingerprint density at radius 1 is 0.900 bits per heavy atom. The van der Waals surface area contributed by atoms with E-state index in [4.69, 9.17) is 18.6 Å². The van der Waals surface area contributed by atoms with Crippen LogP contribution in [0.5, 0.6) is 17.2 Å². The second-order valence-corrected chi connectivity index (χ2v) is 9.68. The van der Waals surface area contributed by atoms with Gasteiger partial charge in [0, 0.05) is 21.0 Å². The highest BCUT2D eigenvalue weighted by molar-refractivity contribution is 9.10. The first kappa shape index (κ1) is 27.0. The fourth-order valence-corrected chi connectivity index (χ4v) is 4.50. The van der Waals surface area contributed by atoms with E-state index in [0.29, 0.717) is 46.0 Å². The third kappa shape index (κ3) is 5.84. The van der Waals surface area contributed by atoms with Gasteiger partial charge in [0.15, 0.2) is 17.3 Å². The molecular formula is C33H25BrO6. The molecule has 5 aromatic rings. The number of allylic oxidation sites excluding steroid dienone is 1. The first-order chi connectivity index (χ1) is 19.5. The number of carbonyl (C=O) groups is 2. The van der Waals surface area contributed by atoms with Gasteiger partial charge in [-0.15, -0.1) is 0 Å². The molecule has 1 aromatic heterocycles. The summed E-state index contributed by atoms with van der Waals surface area (Å²) in [6.07, 6.45) is 3.17. The summed E-state index contributed by atoms with van der Waals surface area (Å²) in [6, 6.07) is 27.0. The molecule has 6 nitrogen and oxygen atoms in total. The van der Waals surface area contributed by atoms with Crippen molar-refractivity contribution in [3.8, 4) is 28.6 Å². The second-order valence-electron chi connectivity index (χ2n) is 8.77. The number of furan rings is 1.